The van der Waals surface area contributed by atoms with Crippen molar-refractivity contribution in [2.75, 3.05) is 0 Å². The van der Waals surface area contributed by atoms with Crippen LogP contribution in [0.2, 0.25) is 38.8 Å². The zero-order valence-electron chi connectivity index (χ0n) is 16.1. The Hall–Kier alpha value is 0.587. The van der Waals surface area contributed by atoms with E-state index in [1.54, 1.807) is 0 Å². The fraction of sp³-hybridized carbons (Fsp3) is 0.938. The summed E-state index contributed by atoms with van der Waals surface area (Å²) in [5, 5.41) is 0. The topological polar surface area (TPSA) is 35.5 Å². The number of carbonyl (C=O) groups is 1. The van der Waals surface area contributed by atoms with Crippen LogP contribution in [0.1, 0.15) is 57.8 Å². The summed E-state index contributed by atoms with van der Waals surface area (Å²) in [6.45, 7) is 11.6. The molecule has 0 amide bonds. The average molecular weight is 422 g/mol. The van der Waals surface area contributed by atoms with Gasteiger partial charge in [0.05, 0.1) is 0 Å². The zero-order valence-corrected chi connectivity index (χ0v) is 21.2. The average Bonchev–Trinajstić information content (AvgIpc) is 2.37. The second-order valence-corrected chi connectivity index (χ2v) is 17.3. The van der Waals surface area contributed by atoms with Crippen LogP contribution in [0.25, 0.3) is 0 Å². The van der Waals surface area contributed by atoms with Crippen molar-refractivity contribution in [2.24, 2.45) is 0 Å². The van der Waals surface area contributed by atoms with Gasteiger partial charge in [-0.2, -0.15) is 0 Å². The largest absolute Gasteiger partial charge is 0.529 e. The molecule has 0 unspecified atom stereocenters. The molecule has 0 aromatic heterocycles. The molecule has 23 heavy (non-hydrogen) atoms. The van der Waals surface area contributed by atoms with Crippen LogP contribution in [0.15, 0.2) is 0 Å². The first-order valence-corrected chi connectivity index (χ1v) is 16.3. The van der Waals surface area contributed by atoms with Gasteiger partial charge in [-0.3, -0.25) is 4.79 Å². The van der Waals surface area contributed by atoms with Crippen molar-refractivity contribution < 1.29 is 30.1 Å². The molecule has 0 fully saturated rings. The normalized spacial score (nSPS) is 12.0. The van der Waals surface area contributed by atoms with Crippen LogP contribution >= 0.6 is 0 Å². The third-order valence-electron chi connectivity index (χ3n) is 3.72. The molecule has 0 aliphatic heterocycles. The van der Waals surface area contributed by atoms with E-state index in [0.717, 1.165) is 6.42 Å². The number of rotatable bonds is 13. The van der Waals surface area contributed by atoms with Gasteiger partial charge in [0.2, 0.25) is 10.5 Å². The first kappa shape index (κ1) is 25.8. The van der Waals surface area contributed by atoms with Crippen molar-refractivity contribution in [2.45, 2.75) is 96.6 Å². The van der Waals surface area contributed by atoms with Gasteiger partial charge in [-0.15, -0.1) is 0 Å². The van der Waals surface area contributed by atoms with Crippen molar-refractivity contribution in [1.29, 1.82) is 0 Å². The first-order valence-electron chi connectivity index (χ1n) is 8.93. The minimum absolute atomic E-state index is 0. The summed E-state index contributed by atoms with van der Waals surface area (Å²) < 4.78 is 11.1. The monoisotopic (exact) mass is 421 g/mol. The van der Waals surface area contributed by atoms with Gasteiger partial charge < -0.3 is 8.54 Å². The molecule has 0 N–H and O–H groups in total. The third kappa shape index (κ3) is 18.8. The molecule has 0 heterocycles. The Morgan fingerprint density at radius 2 is 1.26 bits per heavy atom. The van der Waals surface area contributed by atoms with Gasteiger partial charge >= 0.3 is 0 Å². The second-order valence-electron chi connectivity index (χ2n) is 7.88. The smallest absolute Gasteiger partial charge is 0.291 e. The predicted octanol–water partition coefficient (Wildman–Crippen LogP) is 4.38. The van der Waals surface area contributed by atoms with Crippen LogP contribution in [-0.2, 0) is 30.1 Å². The summed E-state index contributed by atoms with van der Waals surface area (Å²) in [6, 6.07) is 1.31. The van der Waals surface area contributed by atoms with Crippen LogP contribution in [-0.4, -0.2) is 33.1 Å². The zero-order chi connectivity index (χ0) is 17.1. The van der Waals surface area contributed by atoms with Gasteiger partial charge in [-0.1, -0.05) is 44.9 Å². The van der Waals surface area contributed by atoms with Crippen molar-refractivity contribution in [3.05, 3.63) is 0 Å². The molecule has 0 saturated carbocycles. The molecule has 0 atom stereocenters. The SMILES string of the molecule is C[Si](C)(C)O[Si](C)(C)CCCCCCCCCCC(=O)O[SiH3].[Co]. The number of hydrogen-bond acceptors (Lipinski definition) is 3. The first-order chi connectivity index (χ1) is 10.2. The molecule has 0 spiro atoms. The molecule has 0 saturated heterocycles. The van der Waals surface area contributed by atoms with E-state index >= 15 is 0 Å². The maximum atomic E-state index is 11.0. The fourth-order valence-electron chi connectivity index (χ4n) is 2.86. The summed E-state index contributed by atoms with van der Waals surface area (Å²) in [5.41, 5.74) is 0. The van der Waals surface area contributed by atoms with Crippen LogP contribution in [0, 0.1) is 0 Å². The molecule has 1 radical (unpaired) electrons. The Kier molecular flexibility index (Phi) is 15.5. The minimum atomic E-state index is -1.42. The second kappa shape index (κ2) is 13.8. The Balaban J connectivity index is 0. The Bertz CT molecular complexity index is 307. The van der Waals surface area contributed by atoms with Gasteiger partial charge in [0.15, 0.2) is 16.6 Å². The Labute approximate surface area is 159 Å². The summed E-state index contributed by atoms with van der Waals surface area (Å²) in [4.78, 5) is 11.0. The predicted molar refractivity (Wildman–Crippen MR) is 104 cm³/mol. The van der Waals surface area contributed by atoms with Crippen molar-refractivity contribution >= 4 is 33.1 Å². The molecule has 7 heteroatoms. The van der Waals surface area contributed by atoms with E-state index in [2.05, 4.69) is 32.7 Å². The Morgan fingerprint density at radius 1 is 0.826 bits per heavy atom. The molecular weight excluding hydrogens is 383 g/mol. The molecule has 0 aromatic rings. The van der Waals surface area contributed by atoms with E-state index in [1.807, 2.05) is 0 Å². The van der Waals surface area contributed by atoms with Crippen LogP contribution < -0.4 is 0 Å². The number of unbranched alkanes of at least 4 members (excludes halogenated alkanes) is 7. The molecule has 3 nitrogen and oxygen atoms in total. The molecule has 0 rings (SSSR count). The van der Waals surface area contributed by atoms with Crippen LogP contribution in [0.5, 0.6) is 0 Å². The molecule has 0 aliphatic rings. The van der Waals surface area contributed by atoms with E-state index in [9.17, 15) is 4.79 Å². The van der Waals surface area contributed by atoms with E-state index in [-0.39, 0.29) is 22.7 Å². The fourth-order valence-corrected chi connectivity index (χ4v) is 11.2. The van der Waals surface area contributed by atoms with Gasteiger partial charge in [0.25, 0.3) is 5.97 Å². The molecule has 0 aliphatic carbocycles. The van der Waals surface area contributed by atoms with E-state index in [1.165, 1.54) is 51.0 Å². The van der Waals surface area contributed by atoms with Crippen molar-refractivity contribution in [3.63, 3.8) is 0 Å². The van der Waals surface area contributed by atoms with E-state index < -0.39 is 16.6 Å². The van der Waals surface area contributed by atoms with Crippen molar-refractivity contribution in [3.8, 4) is 0 Å². The summed E-state index contributed by atoms with van der Waals surface area (Å²) in [6.07, 6.45) is 10.7. The number of carbonyl (C=O) groups excluding carboxylic acids is 1. The maximum Gasteiger partial charge on any atom is 0.291 e. The van der Waals surface area contributed by atoms with Gasteiger partial charge in [0, 0.05) is 23.2 Å². The van der Waals surface area contributed by atoms with Crippen LogP contribution in [0.4, 0.5) is 0 Å². The molecule has 0 bridgehead atoms. The van der Waals surface area contributed by atoms with E-state index in [4.69, 9.17) is 8.54 Å². The van der Waals surface area contributed by atoms with Gasteiger partial charge in [-0.25, -0.2) is 0 Å². The van der Waals surface area contributed by atoms with E-state index in [0.29, 0.717) is 16.9 Å². The van der Waals surface area contributed by atoms with Gasteiger partial charge in [-0.05, 0) is 45.2 Å². The van der Waals surface area contributed by atoms with Gasteiger partial charge in [0.1, 0.15) is 0 Å². The van der Waals surface area contributed by atoms with Crippen LogP contribution in [0.3, 0.4) is 0 Å². The standard InChI is InChI=1S/C16H38O3Si3.Co/c1-21(2,3)19-22(4,5)15-13-11-9-7-6-8-10-12-14-16(17)18-20;/h6-15H2,1-5,20H3;. The molecule has 0 aromatic carbocycles. The molecular formula is C16H38CoO3Si3. The summed E-state index contributed by atoms with van der Waals surface area (Å²) >= 11 is 0. The third-order valence-corrected chi connectivity index (χ3v) is 10.4. The maximum absolute atomic E-state index is 11.0. The summed E-state index contributed by atoms with van der Waals surface area (Å²) in [7, 11) is -2.25. The minimum Gasteiger partial charge on any atom is -0.529 e. The quantitative estimate of drug-likeness (QED) is 0.327. The molecule has 141 valence electrons. The Morgan fingerprint density at radius 3 is 1.70 bits per heavy atom. The van der Waals surface area contributed by atoms with Crippen molar-refractivity contribution in [1.82, 2.24) is 0 Å². The number of hydrogen-bond donors (Lipinski definition) is 0. The summed E-state index contributed by atoms with van der Waals surface area (Å²) in [5.74, 6) is -0.0148.